The van der Waals surface area contributed by atoms with Crippen molar-refractivity contribution in [3.05, 3.63) is 95.1 Å². The van der Waals surface area contributed by atoms with Gasteiger partial charge in [-0.2, -0.15) is 5.26 Å². The van der Waals surface area contributed by atoms with Crippen molar-refractivity contribution in [1.29, 1.82) is 5.26 Å². The van der Waals surface area contributed by atoms with Crippen molar-refractivity contribution in [2.75, 3.05) is 7.11 Å². The van der Waals surface area contributed by atoms with Crippen LogP contribution >= 0.6 is 0 Å². The Hall–Kier alpha value is -3.78. The Morgan fingerprint density at radius 2 is 1.64 bits per heavy atom. The van der Waals surface area contributed by atoms with Crippen LogP contribution in [-0.2, 0) is 18.1 Å². The van der Waals surface area contributed by atoms with Crippen LogP contribution < -0.4 is 9.47 Å². The molecule has 0 radical (unpaired) electrons. The number of hydrogen-bond acceptors (Lipinski definition) is 5. The standard InChI is InChI=1S/C23H20N2O3/c1-26-23-13-21(11-12-22(23)27-16-19-5-3-2-4-6-19)15-25-28-17-20-9-7-18(14-24)8-10-20/h2-13,15H,16-17H2,1H3/b25-15-. The second kappa shape index (κ2) is 9.79. The maximum atomic E-state index is 8.80. The molecule has 0 atom stereocenters. The van der Waals surface area contributed by atoms with Crippen molar-refractivity contribution in [3.8, 4) is 17.6 Å². The molecule has 5 nitrogen and oxygen atoms in total. The van der Waals surface area contributed by atoms with Crippen LogP contribution in [0.2, 0.25) is 0 Å². The molecule has 0 aromatic heterocycles. The van der Waals surface area contributed by atoms with E-state index in [0.717, 1.165) is 16.7 Å². The zero-order chi connectivity index (χ0) is 19.6. The van der Waals surface area contributed by atoms with Crippen LogP contribution in [0, 0.1) is 11.3 Å². The summed E-state index contributed by atoms with van der Waals surface area (Å²) in [4.78, 5) is 5.32. The molecule has 0 heterocycles. The second-order valence-corrected chi connectivity index (χ2v) is 6.00. The molecule has 3 rings (SSSR count). The number of methoxy groups -OCH3 is 1. The van der Waals surface area contributed by atoms with Gasteiger partial charge in [0.2, 0.25) is 0 Å². The van der Waals surface area contributed by atoms with Crippen LogP contribution in [0.3, 0.4) is 0 Å². The number of oxime groups is 1. The van der Waals surface area contributed by atoms with E-state index in [1.54, 1.807) is 25.5 Å². The maximum Gasteiger partial charge on any atom is 0.161 e. The summed E-state index contributed by atoms with van der Waals surface area (Å²) < 4.78 is 11.3. The van der Waals surface area contributed by atoms with Gasteiger partial charge >= 0.3 is 0 Å². The van der Waals surface area contributed by atoms with E-state index < -0.39 is 0 Å². The van der Waals surface area contributed by atoms with E-state index in [4.69, 9.17) is 19.6 Å². The predicted octanol–water partition coefficient (Wildman–Crippen LogP) is 4.70. The molecule has 0 bridgehead atoms. The molecule has 0 unspecified atom stereocenters. The number of nitrogens with zero attached hydrogens (tertiary/aromatic N) is 2. The monoisotopic (exact) mass is 372 g/mol. The highest BCUT2D eigenvalue weighted by molar-refractivity contribution is 5.80. The van der Waals surface area contributed by atoms with Crippen LogP contribution in [0.15, 0.2) is 78.0 Å². The van der Waals surface area contributed by atoms with Gasteiger partial charge in [-0.05, 0) is 41.5 Å². The van der Waals surface area contributed by atoms with Crippen LogP contribution in [0.1, 0.15) is 22.3 Å². The smallest absolute Gasteiger partial charge is 0.161 e. The molecular formula is C23H20N2O3. The van der Waals surface area contributed by atoms with Gasteiger partial charge in [-0.15, -0.1) is 0 Å². The van der Waals surface area contributed by atoms with Crippen LogP contribution in [0.4, 0.5) is 0 Å². The van der Waals surface area contributed by atoms with Crippen molar-refractivity contribution >= 4 is 6.21 Å². The molecule has 5 heteroatoms. The topological polar surface area (TPSA) is 63.8 Å². The Morgan fingerprint density at radius 1 is 0.893 bits per heavy atom. The summed E-state index contributed by atoms with van der Waals surface area (Å²) in [5.74, 6) is 1.30. The molecule has 28 heavy (non-hydrogen) atoms. The number of nitriles is 1. The normalized spacial score (nSPS) is 10.4. The fourth-order valence-corrected chi connectivity index (χ4v) is 2.50. The van der Waals surface area contributed by atoms with Crippen LogP contribution in [0.5, 0.6) is 11.5 Å². The lowest BCUT2D eigenvalue weighted by Crippen LogP contribution is -1.98. The van der Waals surface area contributed by atoms with E-state index >= 15 is 0 Å². The van der Waals surface area contributed by atoms with E-state index in [2.05, 4.69) is 11.2 Å². The lowest BCUT2D eigenvalue weighted by atomic mass is 10.2. The fourth-order valence-electron chi connectivity index (χ4n) is 2.50. The number of rotatable bonds is 8. The maximum absolute atomic E-state index is 8.80. The van der Waals surface area contributed by atoms with E-state index in [-0.39, 0.29) is 0 Å². The summed E-state index contributed by atoms with van der Waals surface area (Å²) in [6.07, 6.45) is 1.62. The fraction of sp³-hybridized carbons (Fsp3) is 0.130. The van der Waals surface area contributed by atoms with Gasteiger partial charge in [0.05, 0.1) is 25.0 Å². The minimum atomic E-state index is 0.331. The van der Waals surface area contributed by atoms with Gasteiger partial charge < -0.3 is 14.3 Å². The van der Waals surface area contributed by atoms with Gasteiger partial charge in [-0.1, -0.05) is 47.6 Å². The van der Waals surface area contributed by atoms with Gasteiger partial charge in [0.15, 0.2) is 11.5 Å². The summed E-state index contributed by atoms with van der Waals surface area (Å²) in [5, 5.41) is 12.8. The first kappa shape index (κ1) is 19.0. The highest BCUT2D eigenvalue weighted by Crippen LogP contribution is 2.28. The first-order chi connectivity index (χ1) is 13.8. The second-order valence-electron chi connectivity index (χ2n) is 6.00. The Bertz CT molecular complexity index is 961. The minimum Gasteiger partial charge on any atom is -0.493 e. The van der Waals surface area contributed by atoms with Crippen LogP contribution in [0.25, 0.3) is 0 Å². The van der Waals surface area contributed by atoms with E-state index in [9.17, 15) is 0 Å². The average molecular weight is 372 g/mol. The molecule has 0 amide bonds. The summed E-state index contributed by atoms with van der Waals surface area (Å²) >= 11 is 0. The SMILES string of the molecule is COc1cc(/C=N\OCc2ccc(C#N)cc2)ccc1OCc1ccccc1. The minimum absolute atomic E-state index is 0.331. The predicted molar refractivity (Wildman–Crippen MR) is 107 cm³/mol. The first-order valence-corrected chi connectivity index (χ1v) is 8.77. The van der Waals surface area contributed by atoms with Crippen molar-refractivity contribution in [1.82, 2.24) is 0 Å². The third-order valence-corrected chi connectivity index (χ3v) is 4.02. The third-order valence-electron chi connectivity index (χ3n) is 4.02. The Kier molecular flexibility index (Phi) is 6.64. The van der Waals surface area contributed by atoms with Gasteiger partial charge in [-0.3, -0.25) is 0 Å². The molecule has 0 aliphatic rings. The summed E-state index contributed by atoms with van der Waals surface area (Å²) in [5.41, 5.74) is 3.49. The number of benzene rings is 3. The Labute approximate surface area is 164 Å². The molecule has 3 aromatic rings. The lowest BCUT2D eigenvalue weighted by Gasteiger charge is -2.11. The van der Waals surface area contributed by atoms with Crippen molar-refractivity contribution < 1.29 is 14.3 Å². The van der Waals surface area contributed by atoms with Crippen LogP contribution in [-0.4, -0.2) is 13.3 Å². The Balaban J connectivity index is 1.56. The largest absolute Gasteiger partial charge is 0.493 e. The van der Waals surface area contributed by atoms with Crippen molar-refractivity contribution in [2.24, 2.45) is 5.16 Å². The van der Waals surface area contributed by atoms with Gasteiger partial charge in [0.1, 0.15) is 13.2 Å². The molecule has 0 aliphatic carbocycles. The molecular weight excluding hydrogens is 352 g/mol. The highest BCUT2D eigenvalue weighted by atomic mass is 16.6. The molecule has 0 saturated heterocycles. The Morgan fingerprint density at radius 3 is 2.36 bits per heavy atom. The van der Waals surface area contributed by atoms with Gasteiger partial charge in [-0.25, -0.2) is 0 Å². The molecule has 0 fully saturated rings. The van der Waals surface area contributed by atoms with Gasteiger partial charge in [0, 0.05) is 5.56 Å². The molecule has 0 aliphatic heterocycles. The summed E-state index contributed by atoms with van der Waals surface area (Å²) in [7, 11) is 1.60. The van der Waals surface area contributed by atoms with E-state index in [1.807, 2.05) is 60.7 Å². The number of hydrogen-bond donors (Lipinski definition) is 0. The van der Waals surface area contributed by atoms with Crippen molar-refractivity contribution in [3.63, 3.8) is 0 Å². The number of ether oxygens (including phenoxy) is 2. The van der Waals surface area contributed by atoms with Crippen molar-refractivity contribution in [2.45, 2.75) is 13.2 Å². The lowest BCUT2D eigenvalue weighted by molar-refractivity contribution is 0.132. The zero-order valence-corrected chi connectivity index (χ0v) is 15.5. The molecule has 140 valence electrons. The summed E-state index contributed by atoms with van der Waals surface area (Å²) in [6.45, 7) is 0.802. The third kappa shape index (κ3) is 5.36. The molecule has 0 saturated carbocycles. The highest BCUT2D eigenvalue weighted by Gasteiger charge is 2.05. The molecule has 0 spiro atoms. The van der Waals surface area contributed by atoms with Gasteiger partial charge in [0.25, 0.3) is 0 Å². The molecule has 3 aromatic carbocycles. The van der Waals surface area contributed by atoms with E-state index in [1.165, 1.54) is 0 Å². The quantitative estimate of drug-likeness (QED) is 0.425. The summed E-state index contributed by atoms with van der Waals surface area (Å²) in [6, 6.07) is 24.8. The first-order valence-electron chi connectivity index (χ1n) is 8.77. The molecule has 0 N–H and O–H groups in total. The van der Waals surface area contributed by atoms with E-state index in [0.29, 0.717) is 30.3 Å². The average Bonchev–Trinajstić information content (AvgIpc) is 2.76. The zero-order valence-electron chi connectivity index (χ0n) is 15.5.